The van der Waals surface area contributed by atoms with Crippen LogP contribution in [0.3, 0.4) is 0 Å². The maximum Gasteiger partial charge on any atom is 0.493 e. The number of thiophene rings is 1. The number of benzene rings is 2. The normalized spacial score (nSPS) is 12.0. The molecule has 0 aliphatic heterocycles. The zero-order valence-corrected chi connectivity index (χ0v) is 21.3. The van der Waals surface area contributed by atoms with Gasteiger partial charge >= 0.3 is 12.1 Å². The topological polar surface area (TPSA) is 107 Å². The van der Waals surface area contributed by atoms with Crippen molar-refractivity contribution in [3.8, 4) is 5.75 Å². The van der Waals surface area contributed by atoms with E-state index in [1.54, 1.807) is 41.8 Å². The second kappa shape index (κ2) is 11.9. The van der Waals surface area contributed by atoms with Crippen LogP contribution >= 0.6 is 11.3 Å². The van der Waals surface area contributed by atoms with Gasteiger partial charge in [0, 0.05) is 27.1 Å². The zero-order chi connectivity index (χ0) is 28.0. The molecule has 0 spiro atoms. The van der Waals surface area contributed by atoms with Crippen LogP contribution in [0.1, 0.15) is 39.0 Å². The van der Waals surface area contributed by atoms with E-state index in [1.807, 2.05) is 37.3 Å². The van der Waals surface area contributed by atoms with Crippen molar-refractivity contribution in [1.82, 2.24) is 15.8 Å². The summed E-state index contributed by atoms with van der Waals surface area (Å²) in [5, 5.41) is 5.39. The molecule has 12 heteroatoms. The number of para-hydroxylation sites is 1. The minimum absolute atomic E-state index is 0.276. The van der Waals surface area contributed by atoms with Gasteiger partial charge in [-0.1, -0.05) is 24.3 Å². The second-order valence-electron chi connectivity index (χ2n) is 8.41. The van der Waals surface area contributed by atoms with E-state index in [0.717, 1.165) is 22.2 Å². The summed E-state index contributed by atoms with van der Waals surface area (Å²) in [5.74, 6) is -3.56. The minimum atomic E-state index is -5.25. The number of carbonyl (C=O) groups excluding carboxylic acids is 3. The lowest BCUT2D eigenvalue weighted by atomic mass is 10.1. The van der Waals surface area contributed by atoms with Gasteiger partial charge in [-0.25, -0.2) is 4.79 Å². The Hall–Kier alpha value is -4.45. The fourth-order valence-corrected chi connectivity index (χ4v) is 4.50. The lowest BCUT2D eigenvalue weighted by Crippen LogP contribution is -2.37. The van der Waals surface area contributed by atoms with Crippen molar-refractivity contribution in [1.29, 1.82) is 0 Å². The van der Waals surface area contributed by atoms with Crippen LogP contribution in [0.2, 0.25) is 0 Å². The number of pyridine rings is 1. The number of carbonyl (C=O) groups is 3. The van der Waals surface area contributed by atoms with Crippen molar-refractivity contribution in [2.45, 2.75) is 32.2 Å². The lowest BCUT2D eigenvalue weighted by Gasteiger charge is -2.17. The lowest BCUT2D eigenvalue weighted by molar-refractivity contribution is -0.207. The number of halogens is 3. The van der Waals surface area contributed by atoms with Crippen molar-refractivity contribution in [3.05, 3.63) is 93.8 Å². The smallest absolute Gasteiger partial charge is 0.489 e. The molecule has 0 saturated carbocycles. The molecule has 4 rings (SSSR count). The number of ether oxygens (including phenoxy) is 1. The van der Waals surface area contributed by atoms with E-state index in [9.17, 15) is 27.6 Å². The van der Waals surface area contributed by atoms with Gasteiger partial charge in [0.15, 0.2) is 0 Å². The standard InChI is InChI=1S/C27H22F3N3O5S/c1-16-13-18(20-5-2-3-6-21(20)31-16)15-37-19-10-8-17(9-11-19)25(35)32-22(23-7-4-12-39-23)14-24(34)33-38-26(36)27(28,29)30/h2-13,22H,14-15H2,1H3,(H,32,35)(H,33,34). The molecule has 4 aromatic rings. The number of aryl methyl sites for hydroxylation is 1. The number of hydrogen-bond acceptors (Lipinski definition) is 7. The number of alkyl halides is 3. The van der Waals surface area contributed by atoms with Crippen LogP contribution in [0.5, 0.6) is 5.75 Å². The zero-order valence-electron chi connectivity index (χ0n) is 20.5. The van der Waals surface area contributed by atoms with Gasteiger partial charge in [0.1, 0.15) is 12.4 Å². The summed E-state index contributed by atoms with van der Waals surface area (Å²) in [6, 6.07) is 18.6. The third-order valence-electron chi connectivity index (χ3n) is 5.51. The maximum absolute atomic E-state index is 12.9. The maximum atomic E-state index is 12.9. The van der Waals surface area contributed by atoms with E-state index < -0.39 is 36.4 Å². The molecular formula is C27H22F3N3O5S. The van der Waals surface area contributed by atoms with Gasteiger partial charge in [-0.05, 0) is 54.8 Å². The highest BCUT2D eigenvalue weighted by molar-refractivity contribution is 7.10. The first kappa shape index (κ1) is 27.6. The first-order chi connectivity index (χ1) is 18.6. The summed E-state index contributed by atoms with van der Waals surface area (Å²) >= 11 is 1.24. The number of aromatic nitrogens is 1. The highest BCUT2D eigenvalue weighted by Crippen LogP contribution is 2.24. The van der Waals surface area contributed by atoms with Gasteiger partial charge in [-0.2, -0.15) is 18.7 Å². The van der Waals surface area contributed by atoms with Crippen molar-refractivity contribution < 1.29 is 37.1 Å². The largest absolute Gasteiger partial charge is 0.493 e. The highest BCUT2D eigenvalue weighted by atomic mass is 32.1. The van der Waals surface area contributed by atoms with Gasteiger partial charge in [-0.3, -0.25) is 14.6 Å². The van der Waals surface area contributed by atoms with Crippen molar-refractivity contribution in [2.75, 3.05) is 0 Å². The predicted octanol–water partition coefficient (Wildman–Crippen LogP) is 5.18. The summed E-state index contributed by atoms with van der Waals surface area (Å²) in [7, 11) is 0. The van der Waals surface area contributed by atoms with Crippen LogP contribution in [-0.4, -0.2) is 28.9 Å². The van der Waals surface area contributed by atoms with Crippen LogP contribution in [0, 0.1) is 6.92 Å². The first-order valence-electron chi connectivity index (χ1n) is 11.6. The van der Waals surface area contributed by atoms with E-state index in [1.165, 1.54) is 16.8 Å². The molecule has 8 nitrogen and oxygen atoms in total. The molecule has 0 radical (unpaired) electrons. The number of nitrogens with zero attached hydrogens (tertiary/aromatic N) is 1. The van der Waals surface area contributed by atoms with E-state index >= 15 is 0 Å². The number of amides is 2. The van der Waals surface area contributed by atoms with Crippen LogP contribution < -0.4 is 15.5 Å². The average molecular weight is 558 g/mol. The van der Waals surface area contributed by atoms with Crippen molar-refractivity contribution >= 4 is 40.0 Å². The predicted molar refractivity (Wildman–Crippen MR) is 137 cm³/mol. The summed E-state index contributed by atoms with van der Waals surface area (Å²) in [4.78, 5) is 44.7. The molecule has 0 aliphatic rings. The Kier molecular flexibility index (Phi) is 8.45. The summed E-state index contributed by atoms with van der Waals surface area (Å²) in [5.41, 5.74) is 4.45. The Morgan fingerprint density at radius 3 is 2.46 bits per heavy atom. The minimum Gasteiger partial charge on any atom is -0.489 e. The second-order valence-corrected chi connectivity index (χ2v) is 9.39. The molecule has 2 aromatic carbocycles. The SMILES string of the molecule is Cc1cc(COc2ccc(C(=O)NC(CC(=O)NOC(=O)C(F)(F)F)c3cccs3)cc2)c2ccccc2n1. The molecule has 0 aliphatic carbocycles. The third-order valence-corrected chi connectivity index (χ3v) is 6.50. The van der Waals surface area contributed by atoms with Crippen LogP contribution in [0.15, 0.2) is 72.1 Å². The molecule has 2 amide bonds. The number of hydroxylamine groups is 1. The number of hydrogen-bond donors (Lipinski definition) is 2. The van der Waals surface area contributed by atoms with E-state index in [2.05, 4.69) is 15.1 Å². The molecule has 0 bridgehead atoms. The van der Waals surface area contributed by atoms with Crippen LogP contribution in [0.4, 0.5) is 13.2 Å². The molecule has 2 aromatic heterocycles. The number of rotatable bonds is 8. The molecule has 1 atom stereocenters. The Morgan fingerprint density at radius 2 is 1.77 bits per heavy atom. The van der Waals surface area contributed by atoms with Crippen molar-refractivity contribution in [3.63, 3.8) is 0 Å². The van der Waals surface area contributed by atoms with Gasteiger partial charge < -0.3 is 14.9 Å². The molecule has 1 unspecified atom stereocenters. The molecule has 0 saturated heterocycles. The van der Waals surface area contributed by atoms with E-state index in [-0.39, 0.29) is 5.56 Å². The Bertz CT molecular complexity index is 1470. The van der Waals surface area contributed by atoms with Gasteiger partial charge in [0.2, 0.25) is 0 Å². The Labute approximate surface area is 224 Å². The third kappa shape index (κ3) is 7.32. The molecule has 0 fully saturated rings. The molecule has 39 heavy (non-hydrogen) atoms. The van der Waals surface area contributed by atoms with E-state index in [0.29, 0.717) is 17.2 Å². The monoisotopic (exact) mass is 557 g/mol. The van der Waals surface area contributed by atoms with Gasteiger partial charge in [-0.15, -0.1) is 11.3 Å². The van der Waals surface area contributed by atoms with Gasteiger partial charge in [0.05, 0.1) is 18.0 Å². The average Bonchev–Trinajstić information content (AvgIpc) is 3.44. The molecule has 202 valence electrons. The van der Waals surface area contributed by atoms with E-state index in [4.69, 9.17) is 4.74 Å². The summed E-state index contributed by atoms with van der Waals surface area (Å²) in [6.07, 6.45) is -5.71. The Morgan fingerprint density at radius 1 is 1.03 bits per heavy atom. The summed E-state index contributed by atoms with van der Waals surface area (Å²) < 4.78 is 42.8. The number of nitrogens with one attached hydrogen (secondary N) is 2. The Balaban J connectivity index is 1.38. The quantitative estimate of drug-likeness (QED) is 0.289. The van der Waals surface area contributed by atoms with Crippen molar-refractivity contribution in [2.24, 2.45) is 0 Å². The first-order valence-corrected chi connectivity index (χ1v) is 12.5. The fourth-order valence-electron chi connectivity index (χ4n) is 3.72. The highest BCUT2D eigenvalue weighted by Gasteiger charge is 2.42. The molecule has 2 N–H and O–H groups in total. The summed E-state index contributed by atoms with van der Waals surface area (Å²) in [6.45, 7) is 2.20. The van der Waals surface area contributed by atoms with Crippen LogP contribution in [0.25, 0.3) is 10.9 Å². The molecular weight excluding hydrogens is 535 g/mol. The van der Waals surface area contributed by atoms with Crippen LogP contribution in [-0.2, 0) is 21.0 Å². The van der Waals surface area contributed by atoms with Gasteiger partial charge in [0.25, 0.3) is 11.8 Å². The fraction of sp³-hybridized carbons (Fsp3) is 0.185. The number of fused-ring (bicyclic) bond motifs is 1. The molecule has 2 heterocycles.